The van der Waals surface area contributed by atoms with Gasteiger partial charge in [0.05, 0.1) is 66.4 Å². The molecule has 2 aromatic heterocycles. The van der Waals surface area contributed by atoms with E-state index in [0.717, 1.165) is 55.3 Å². The number of benzene rings is 3. The summed E-state index contributed by atoms with van der Waals surface area (Å²) >= 11 is 1.57. The first-order valence-corrected chi connectivity index (χ1v) is 21.7. The summed E-state index contributed by atoms with van der Waals surface area (Å²) in [5.41, 5.74) is 8.05. The Kier molecular flexibility index (Phi) is 16.0. The third kappa shape index (κ3) is 12.6. The van der Waals surface area contributed by atoms with Crippen LogP contribution in [0.15, 0.2) is 84.4 Å². The van der Waals surface area contributed by atoms with Crippen LogP contribution in [-0.4, -0.2) is 123 Å². The maximum atomic E-state index is 13.9. The number of fused-ring (bicyclic) bond motifs is 1. The molecule has 1 unspecified atom stereocenters. The van der Waals surface area contributed by atoms with Gasteiger partial charge in [0.1, 0.15) is 31.0 Å². The molecule has 1 saturated heterocycles. The van der Waals surface area contributed by atoms with Crippen LogP contribution in [0.5, 0.6) is 5.75 Å². The van der Waals surface area contributed by atoms with Gasteiger partial charge in [0.2, 0.25) is 17.7 Å². The van der Waals surface area contributed by atoms with E-state index >= 15 is 0 Å². The fraction of sp³-hybridized carbons (Fsp3) is 0.426. The summed E-state index contributed by atoms with van der Waals surface area (Å²) in [5.74, 6) is -0.542. The van der Waals surface area contributed by atoms with Crippen molar-refractivity contribution < 1.29 is 38.4 Å². The maximum absolute atomic E-state index is 13.9. The van der Waals surface area contributed by atoms with Crippen LogP contribution in [0.4, 0.5) is 5.69 Å². The van der Waals surface area contributed by atoms with E-state index in [9.17, 15) is 19.5 Å². The first-order valence-electron chi connectivity index (χ1n) is 20.9. The van der Waals surface area contributed by atoms with Crippen LogP contribution in [0.25, 0.3) is 32.6 Å². The number of likely N-dealkylation sites (tertiary alicyclic amines) is 1. The van der Waals surface area contributed by atoms with E-state index in [2.05, 4.69) is 44.8 Å². The average molecular weight is 867 g/mol. The van der Waals surface area contributed by atoms with Crippen molar-refractivity contribution in [3.63, 3.8) is 0 Å². The molecule has 15 heteroatoms. The lowest BCUT2D eigenvalue weighted by molar-refractivity contribution is -0.144. The summed E-state index contributed by atoms with van der Waals surface area (Å²) in [7, 11) is 4.04. The molecule has 1 fully saturated rings. The van der Waals surface area contributed by atoms with Crippen LogP contribution in [0.3, 0.4) is 0 Å². The van der Waals surface area contributed by atoms with Crippen molar-refractivity contribution in [1.29, 1.82) is 0 Å². The molecule has 3 amide bonds. The number of aromatic nitrogens is 2. The second-order valence-electron chi connectivity index (χ2n) is 16.6. The topological polar surface area (TPSA) is 165 Å². The molecule has 5 aromatic rings. The van der Waals surface area contributed by atoms with Crippen LogP contribution in [0.1, 0.15) is 38.4 Å². The number of carbonyl (C=O) groups is 3. The number of amides is 3. The standard InChI is InChI=1S/C47H58N6O8S/c1-31-43(62-30-49-31)34-9-7-32(8-10-34)27-48-45(56)41-26-37(54)28-53(41)46(57)44(47(2,3)4)51-42(55)29-60-22-21-58-19-20-59-23-24-61-38-16-18-40-35(25-38)13-17-39(50-40)33-11-14-36(15-12-33)52(5)6/h7-18,25,30,37,41,44,54H,19-24,26-29H2,1-6H3,(H,48,56)(H,51,55)/t37-,41+,44?/m1/s1. The van der Waals surface area contributed by atoms with Gasteiger partial charge in [-0.05, 0) is 59.9 Å². The smallest absolute Gasteiger partial charge is 0.246 e. The monoisotopic (exact) mass is 866 g/mol. The number of aliphatic hydroxyl groups is 1. The average Bonchev–Trinajstić information content (AvgIpc) is 3.88. The Morgan fingerprint density at radius 2 is 1.56 bits per heavy atom. The molecule has 0 aliphatic carbocycles. The van der Waals surface area contributed by atoms with E-state index in [1.54, 1.807) is 11.3 Å². The molecule has 6 rings (SSSR count). The van der Waals surface area contributed by atoms with Gasteiger partial charge in [-0.15, -0.1) is 11.3 Å². The SMILES string of the molecule is Cc1ncsc1-c1ccc(CNC(=O)[C@@H]2C[C@@H](O)CN2C(=O)C(NC(=O)COCCOCCOCCOc2ccc3nc(-c4ccc(N(C)C)cc4)ccc3c2)C(C)(C)C)cc1. The molecule has 1 aliphatic heterocycles. The first-order chi connectivity index (χ1) is 29.8. The number of nitrogens with one attached hydrogen (secondary N) is 2. The lowest BCUT2D eigenvalue weighted by Gasteiger charge is -2.35. The van der Waals surface area contributed by atoms with Gasteiger partial charge in [-0.3, -0.25) is 14.4 Å². The Morgan fingerprint density at radius 3 is 2.23 bits per heavy atom. The lowest BCUT2D eigenvalue weighted by atomic mass is 9.85. The number of pyridine rings is 1. The van der Waals surface area contributed by atoms with Gasteiger partial charge in [-0.25, -0.2) is 9.97 Å². The predicted molar refractivity (Wildman–Crippen MR) is 241 cm³/mol. The zero-order valence-corrected chi connectivity index (χ0v) is 37.2. The second-order valence-corrected chi connectivity index (χ2v) is 17.4. The molecule has 0 radical (unpaired) electrons. The van der Waals surface area contributed by atoms with Crippen LogP contribution < -0.4 is 20.3 Å². The molecule has 0 bridgehead atoms. The van der Waals surface area contributed by atoms with Crippen molar-refractivity contribution in [3.05, 3.63) is 95.6 Å². The largest absolute Gasteiger partial charge is 0.491 e. The minimum absolute atomic E-state index is 0.00954. The number of hydrogen-bond acceptors (Lipinski definition) is 12. The van der Waals surface area contributed by atoms with Gasteiger partial charge in [0.25, 0.3) is 0 Å². The highest BCUT2D eigenvalue weighted by molar-refractivity contribution is 7.13. The molecule has 3 atom stereocenters. The number of thiazole rings is 1. The summed E-state index contributed by atoms with van der Waals surface area (Å²) in [6, 6.07) is 24.3. The highest BCUT2D eigenvalue weighted by atomic mass is 32.1. The van der Waals surface area contributed by atoms with Gasteiger partial charge in [-0.2, -0.15) is 0 Å². The molecule has 14 nitrogen and oxygen atoms in total. The molecule has 3 heterocycles. The fourth-order valence-corrected chi connectivity index (χ4v) is 7.90. The minimum Gasteiger partial charge on any atom is -0.491 e. The Bertz CT molecular complexity index is 2260. The summed E-state index contributed by atoms with van der Waals surface area (Å²) in [5, 5.41) is 17.2. The van der Waals surface area contributed by atoms with E-state index in [-0.39, 0.29) is 45.2 Å². The summed E-state index contributed by atoms with van der Waals surface area (Å²) in [4.78, 5) is 53.9. The number of aryl methyl sites for hydroxylation is 1. The predicted octanol–water partition coefficient (Wildman–Crippen LogP) is 5.64. The zero-order valence-electron chi connectivity index (χ0n) is 36.4. The molecular formula is C47H58N6O8S. The summed E-state index contributed by atoms with van der Waals surface area (Å²) in [6.07, 6.45) is -0.760. The molecule has 1 aliphatic rings. The molecular weight excluding hydrogens is 809 g/mol. The van der Waals surface area contributed by atoms with Gasteiger partial charge >= 0.3 is 0 Å². The van der Waals surface area contributed by atoms with Crippen molar-refractivity contribution >= 4 is 45.6 Å². The van der Waals surface area contributed by atoms with Crippen molar-refractivity contribution in [1.82, 2.24) is 25.5 Å². The Hall–Kier alpha value is -5.45. The van der Waals surface area contributed by atoms with E-state index in [1.807, 2.05) is 102 Å². The Labute approximate surface area is 367 Å². The third-order valence-electron chi connectivity index (χ3n) is 10.5. The number of aliphatic hydroxyl groups excluding tert-OH is 1. The first kappa shape index (κ1) is 46.1. The number of nitrogens with zero attached hydrogens (tertiary/aromatic N) is 4. The van der Waals surface area contributed by atoms with Crippen molar-refractivity contribution in [2.24, 2.45) is 5.41 Å². The highest BCUT2D eigenvalue weighted by Crippen LogP contribution is 2.29. The fourth-order valence-electron chi connectivity index (χ4n) is 7.09. The zero-order chi connectivity index (χ0) is 44.2. The number of β-amino-alcohol motifs (C(OH)–C–C–N with tert-alkyl or cyclic N) is 1. The van der Waals surface area contributed by atoms with Gasteiger partial charge in [-0.1, -0.05) is 63.2 Å². The van der Waals surface area contributed by atoms with E-state index in [1.165, 1.54) is 4.90 Å². The van der Waals surface area contributed by atoms with Crippen molar-refractivity contribution in [3.8, 4) is 27.4 Å². The van der Waals surface area contributed by atoms with E-state index in [4.69, 9.17) is 23.9 Å². The maximum Gasteiger partial charge on any atom is 0.246 e. The minimum atomic E-state index is -0.956. The molecule has 3 aromatic carbocycles. The van der Waals surface area contributed by atoms with Gasteiger partial charge in [0.15, 0.2) is 0 Å². The third-order valence-corrected chi connectivity index (χ3v) is 11.5. The summed E-state index contributed by atoms with van der Waals surface area (Å²) < 4.78 is 22.7. The van der Waals surface area contributed by atoms with Crippen LogP contribution in [0, 0.1) is 12.3 Å². The Morgan fingerprint density at radius 1 is 0.887 bits per heavy atom. The summed E-state index contributed by atoms with van der Waals surface area (Å²) in [6.45, 7) is 9.33. The van der Waals surface area contributed by atoms with Crippen LogP contribution in [0.2, 0.25) is 0 Å². The van der Waals surface area contributed by atoms with Crippen LogP contribution >= 0.6 is 11.3 Å². The number of hydrogen-bond donors (Lipinski definition) is 3. The highest BCUT2D eigenvalue weighted by Gasteiger charge is 2.44. The van der Waals surface area contributed by atoms with E-state index < -0.39 is 35.4 Å². The number of carbonyl (C=O) groups excluding carboxylic acids is 3. The van der Waals surface area contributed by atoms with Crippen molar-refractivity contribution in [2.45, 2.75) is 58.8 Å². The molecule has 0 saturated carbocycles. The van der Waals surface area contributed by atoms with Gasteiger partial charge < -0.3 is 44.5 Å². The molecule has 0 spiro atoms. The van der Waals surface area contributed by atoms with Crippen LogP contribution in [-0.2, 0) is 35.1 Å². The quantitative estimate of drug-likeness (QED) is 0.0831. The second kappa shape index (κ2) is 21.6. The van der Waals surface area contributed by atoms with Crippen molar-refractivity contribution in [2.75, 3.05) is 71.8 Å². The van der Waals surface area contributed by atoms with E-state index in [0.29, 0.717) is 26.4 Å². The lowest BCUT2D eigenvalue weighted by Crippen LogP contribution is -2.58. The number of ether oxygens (including phenoxy) is 4. The molecule has 330 valence electrons. The molecule has 62 heavy (non-hydrogen) atoms. The number of rotatable bonds is 20. The van der Waals surface area contributed by atoms with Gasteiger partial charge in [0, 0.05) is 50.2 Å². The Balaban J connectivity index is 0.851. The normalized spacial score (nSPS) is 15.7. The molecule has 3 N–H and O–H groups in total. The number of anilines is 1.